The Hall–Kier alpha value is -1.32. The molecule has 0 saturated carbocycles. The lowest BCUT2D eigenvalue weighted by molar-refractivity contribution is -0.137. The van der Waals surface area contributed by atoms with Gasteiger partial charge in [0.2, 0.25) is 10.0 Å². The van der Waals surface area contributed by atoms with Crippen molar-refractivity contribution in [1.82, 2.24) is 4.31 Å². The summed E-state index contributed by atoms with van der Waals surface area (Å²) in [5.74, 6) is -0.831. The second kappa shape index (κ2) is 7.30. The highest BCUT2D eigenvalue weighted by molar-refractivity contribution is 9.10. The second-order valence-electron chi connectivity index (χ2n) is 4.68. The molecule has 0 radical (unpaired) electrons. The van der Waals surface area contributed by atoms with E-state index < -0.39 is 28.6 Å². The normalized spacial score (nSPS) is 11.8. The van der Waals surface area contributed by atoms with Crippen LogP contribution in [0.15, 0.2) is 21.5 Å². The van der Waals surface area contributed by atoms with Crippen molar-refractivity contribution in [2.45, 2.75) is 24.8 Å². The Bertz CT molecular complexity index is 659. The van der Waals surface area contributed by atoms with Gasteiger partial charge in [-0.15, -0.1) is 0 Å². The smallest absolute Gasteiger partial charge is 0.318 e. The standard InChI is InChI=1S/C13H18BrNO6S/c1-8(2)15(7-13(16)17)22(18,19)12-6-10(20-3)9(14)5-11(12)21-4/h5-6,8H,7H2,1-4H3,(H,16,17). The van der Waals surface area contributed by atoms with Crippen LogP contribution >= 0.6 is 15.9 Å². The van der Waals surface area contributed by atoms with E-state index in [4.69, 9.17) is 14.6 Å². The van der Waals surface area contributed by atoms with Crippen molar-refractivity contribution in [3.05, 3.63) is 16.6 Å². The van der Waals surface area contributed by atoms with Gasteiger partial charge in [0.05, 0.1) is 18.7 Å². The zero-order chi connectivity index (χ0) is 17.1. The molecule has 0 amide bonds. The molecule has 0 atom stereocenters. The lowest BCUT2D eigenvalue weighted by Crippen LogP contribution is -2.40. The van der Waals surface area contributed by atoms with E-state index in [1.54, 1.807) is 13.8 Å². The molecule has 0 heterocycles. The maximum Gasteiger partial charge on any atom is 0.318 e. The molecule has 0 saturated heterocycles. The first-order chi connectivity index (χ1) is 10.1. The van der Waals surface area contributed by atoms with Crippen LogP contribution in [0.4, 0.5) is 0 Å². The molecule has 0 unspecified atom stereocenters. The first-order valence-electron chi connectivity index (χ1n) is 6.30. The molecule has 22 heavy (non-hydrogen) atoms. The number of aliphatic carboxylic acids is 1. The highest BCUT2D eigenvalue weighted by atomic mass is 79.9. The molecule has 0 fully saturated rings. The van der Waals surface area contributed by atoms with Crippen LogP contribution in [0.25, 0.3) is 0 Å². The molecule has 0 aliphatic rings. The van der Waals surface area contributed by atoms with Crippen molar-refractivity contribution >= 4 is 31.9 Å². The summed E-state index contributed by atoms with van der Waals surface area (Å²) in [5, 5.41) is 8.94. The maximum atomic E-state index is 12.8. The molecular formula is C13H18BrNO6S. The Morgan fingerprint density at radius 1 is 1.27 bits per heavy atom. The fourth-order valence-electron chi connectivity index (χ4n) is 1.84. The van der Waals surface area contributed by atoms with Crippen molar-refractivity contribution in [2.24, 2.45) is 0 Å². The van der Waals surface area contributed by atoms with Gasteiger partial charge >= 0.3 is 5.97 Å². The number of carboxylic acids is 1. The average Bonchev–Trinajstić information content (AvgIpc) is 2.43. The van der Waals surface area contributed by atoms with Crippen LogP contribution in [0.3, 0.4) is 0 Å². The van der Waals surface area contributed by atoms with Crippen molar-refractivity contribution in [3.63, 3.8) is 0 Å². The van der Waals surface area contributed by atoms with E-state index in [2.05, 4.69) is 15.9 Å². The molecule has 1 aromatic carbocycles. The highest BCUT2D eigenvalue weighted by Crippen LogP contribution is 2.36. The first kappa shape index (κ1) is 18.7. The monoisotopic (exact) mass is 395 g/mol. The lowest BCUT2D eigenvalue weighted by atomic mass is 10.3. The van der Waals surface area contributed by atoms with Crippen LogP contribution in [-0.2, 0) is 14.8 Å². The number of benzene rings is 1. The third-order valence-electron chi connectivity index (χ3n) is 2.89. The number of rotatable bonds is 7. The van der Waals surface area contributed by atoms with E-state index in [-0.39, 0.29) is 10.6 Å². The SMILES string of the molecule is COc1cc(S(=O)(=O)N(CC(=O)O)C(C)C)c(OC)cc1Br. The van der Waals surface area contributed by atoms with Crippen LogP contribution in [0.2, 0.25) is 0 Å². The number of halogens is 1. The van der Waals surface area contributed by atoms with Gasteiger partial charge in [0.25, 0.3) is 0 Å². The molecule has 7 nitrogen and oxygen atoms in total. The number of hydrogen-bond donors (Lipinski definition) is 1. The molecule has 9 heteroatoms. The van der Waals surface area contributed by atoms with Crippen molar-refractivity contribution < 1.29 is 27.8 Å². The molecule has 0 aliphatic heterocycles. The Balaban J connectivity index is 3.51. The van der Waals surface area contributed by atoms with Gasteiger partial charge in [-0.2, -0.15) is 4.31 Å². The minimum atomic E-state index is -4.06. The Morgan fingerprint density at radius 3 is 2.23 bits per heavy atom. The third-order valence-corrected chi connectivity index (χ3v) is 5.55. The zero-order valence-corrected chi connectivity index (χ0v) is 15.1. The van der Waals surface area contributed by atoms with Gasteiger partial charge in [-0.3, -0.25) is 4.79 Å². The highest BCUT2D eigenvalue weighted by Gasteiger charge is 2.32. The summed E-state index contributed by atoms with van der Waals surface area (Å²) in [4.78, 5) is 10.8. The molecular weight excluding hydrogens is 378 g/mol. The molecule has 1 N–H and O–H groups in total. The summed E-state index contributed by atoms with van der Waals surface area (Å²) >= 11 is 3.25. The molecule has 124 valence electrons. The van der Waals surface area contributed by atoms with Gasteiger partial charge in [0.1, 0.15) is 22.9 Å². The molecule has 1 aromatic rings. The van der Waals surface area contributed by atoms with Crippen LogP contribution < -0.4 is 9.47 Å². The summed E-state index contributed by atoms with van der Waals surface area (Å²) in [6.07, 6.45) is 0. The molecule has 0 bridgehead atoms. The summed E-state index contributed by atoms with van der Waals surface area (Å²) in [6.45, 7) is 2.56. The van der Waals surface area contributed by atoms with E-state index in [0.717, 1.165) is 4.31 Å². The lowest BCUT2D eigenvalue weighted by Gasteiger charge is -2.25. The van der Waals surface area contributed by atoms with E-state index in [1.807, 2.05) is 0 Å². The van der Waals surface area contributed by atoms with Gasteiger partial charge in [0, 0.05) is 12.1 Å². The van der Waals surface area contributed by atoms with Gasteiger partial charge in [-0.25, -0.2) is 8.42 Å². The number of hydrogen-bond acceptors (Lipinski definition) is 5. The van der Waals surface area contributed by atoms with Gasteiger partial charge in [0.15, 0.2) is 0 Å². The van der Waals surface area contributed by atoms with E-state index in [0.29, 0.717) is 10.2 Å². The number of sulfonamides is 1. The summed E-state index contributed by atoms with van der Waals surface area (Å²) < 4.78 is 37.2. The number of carboxylic acid groups (broad SMARTS) is 1. The van der Waals surface area contributed by atoms with Crippen molar-refractivity contribution in [1.29, 1.82) is 0 Å². The predicted molar refractivity (Wildman–Crippen MR) is 83.9 cm³/mol. The third kappa shape index (κ3) is 3.90. The largest absolute Gasteiger partial charge is 0.496 e. The number of nitrogens with zero attached hydrogens (tertiary/aromatic N) is 1. The van der Waals surface area contributed by atoms with Gasteiger partial charge < -0.3 is 14.6 Å². The van der Waals surface area contributed by atoms with Crippen LogP contribution in [0.1, 0.15) is 13.8 Å². The van der Waals surface area contributed by atoms with Crippen LogP contribution in [-0.4, -0.2) is 50.6 Å². The number of methoxy groups -OCH3 is 2. The molecule has 1 rings (SSSR count). The predicted octanol–water partition coefficient (Wildman–Crippen LogP) is 1.95. The minimum Gasteiger partial charge on any atom is -0.496 e. The van der Waals surface area contributed by atoms with Crippen LogP contribution in [0, 0.1) is 0 Å². The van der Waals surface area contributed by atoms with E-state index in [9.17, 15) is 13.2 Å². The Labute approximate surface area is 138 Å². The van der Waals surface area contributed by atoms with Crippen molar-refractivity contribution in [2.75, 3.05) is 20.8 Å². The van der Waals surface area contributed by atoms with Crippen molar-refractivity contribution in [3.8, 4) is 11.5 Å². The molecule has 0 spiro atoms. The first-order valence-corrected chi connectivity index (χ1v) is 8.53. The topological polar surface area (TPSA) is 93.1 Å². The van der Waals surface area contributed by atoms with E-state index in [1.165, 1.54) is 26.4 Å². The van der Waals surface area contributed by atoms with Gasteiger partial charge in [-0.05, 0) is 35.8 Å². The molecule has 0 aliphatic carbocycles. The average molecular weight is 396 g/mol. The maximum absolute atomic E-state index is 12.8. The Morgan fingerprint density at radius 2 is 1.82 bits per heavy atom. The van der Waals surface area contributed by atoms with Crippen LogP contribution in [0.5, 0.6) is 11.5 Å². The van der Waals surface area contributed by atoms with Gasteiger partial charge in [-0.1, -0.05) is 0 Å². The minimum absolute atomic E-state index is 0.101. The fourth-order valence-corrected chi connectivity index (χ4v) is 4.06. The second-order valence-corrected chi connectivity index (χ2v) is 7.39. The summed E-state index contributed by atoms with van der Waals surface area (Å²) in [6, 6.07) is 2.24. The quantitative estimate of drug-likeness (QED) is 0.758. The number of ether oxygens (including phenoxy) is 2. The Kier molecular flexibility index (Phi) is 6.21. The number of carbonyl (C=O) groups is 1. The fraction of sp³-hybridized carbons (Fsp3) is 0.462. The summed E-state index contributed by atoms with van der Waals surface area (Å²) in [7, 11) is -1.32. The summed E-state index contributed by atoms with van der Waals surface area (Å²) in [5.41, 5.74) is 0. The van der Waals surface area contributed by atoms with E-state index >= 15 is 0 Å². The molecule has 0 aromatic heterocycles. The zero-order valence-electron chi connectivity index (χ0n) is 12.7.